The summed E-state index contributed by atoms with van der Waals surface area (Å²) in [6, 6.07) is 16.8. The molecule has 1 N–H and O–H groups in total. The van der Waals surface area contributed by atoms with E-state index in [2.05, 4.69) is 17.4 Å². The fourth-order valence-corrected chi connectivity index (χ4v) is 3.45. The highest BCUT2D eigenvalue weighted by molar-refractivity contribution is 7.98. The number of benzene rings is 2. The summed E-state index contributed by atoms with van der Waals surface area (Å²) in [4.78, 5) is 12.2. The van der Waals surface area contributed by atoms with E-state index >= 15 is 0 Å². The van der Waals surface area contributed by atoms with Crippen molar-refractivity contribution in [1.82, 2.24) is 5.32 Å². The van der Waals surface area contributed by atoms with Gasteiger partial charge in [-0.25, -0.2) is 8.42 Å². The van der Waals surface area contributed by atoms with Gasteiger partial charge in [0.2, 0.25) is 10.0 Å². The van der Waals surface area contributed by atoms with Crippen LogP contribution in [0.25, 0.3) is 0 Å². The fourth-order valence-electron chi connectivity index (χ4n) is 2.14. The number of rotatable bonds is 8. The smallest absolute Gasteiger partial charge is 0.251 e. The fraction of sp³-hybridized carbons (Fsp3) is 0.278. The Morgan fingerprint density at radius 1 is 1.12 bits per heavy atom. The average molecular weight is 379 g/mol. The Bertz CT molecular complexity index is 808. The molecular formula is C18H22N2O3S2. The molecule has 2 rings (SSSR count). The van der Waals surface area contributed by atoms with Crippen molar-refractivity contribution in [3.63, 3.8) is 0 Å². The topological polar surface area (TPSA) is 66.5 Å². The number of nitrogens with zero attached hydrogens (tertiary/aromatic N) is 1. The zero-order valence-electron chi connectivity index (χ0n) is 14.3. The van der Waals surface area contributed by atoms with Crippen molar-refractivity contribution in [1.29, 1.82) is 0 Å². The third-order valence-corrected chi connectivity index (χ3v) is 5.85. The van der Waals surface area contributed by atoms with Gasteiger partial charge in [0.05, 0.1) is 11.9 Å². The second-order valence-corrected chi connectivity index (χ2v) is 8.69. The van der Waals surface area contributed by atoms with Crippen molar-refractivity contribution in [2.75, 3.05) is 29.9 Å². The van der Waals surface area contributed by atoms with Gasteiger partial charge >= 0.3 is 0 Å². The second kappa shape index (κ2) is 8.92. The molecule has 134 valence electrons. The predicted molar refractivity (Wildman–Crippen MR) is 105 cm³/mol. The molecule has 0 heterocycles. The first kappa shape index (κ1) is 19.3. The van der Waals surface area contributed by atoms with Crippen molar-refractivity contribution < 1.29 is 13.2 Å². The third kappa shape index (κ3) is 6.10. The van der Waals surface area contributed by atoms with Gasteiger partial charge in [0.15, 0.2) is 0 Å². The van der Waals surface area contributed by atoms with Crippen molar-refractivity contribution in [3.8, 4) is 0 Å². The Labute approximate surface area is 153 Å². The van der Waals surface area contributed by atoms with E-state index in [0.29, 0.717) is 17.8 Å². The van der Waals surface area contributed by atoms with Crippen LogP contribution in [-0.2, 0) is 15.8 Å². The number of nitrogens with one attached hydrogen (secondary N) is 1. The normalized spacial score (nSPS) is 11.1. The summed E-state index contributed by atoms with van der Waals surface area (Å²) in [5, 5.41) is 2.86. The average Bonchev–Trinajstić information content (AvgIpc) is 2.61. The van der Waals surface area contributed by atoms with Crippen LogP contribution in [-0.4, -0.2) is 39.9 Å². The van der Waals surface area contributed by atoms with E-state index in [0.717, 1.165) is 22.1 Å². The van der Waals surface area contributed by atoms with Crippen LogP contribution in [0.3, 0.4) is 0 Å². The van der Waals surface area contributed by atoms with E-state index < -0.39 is 10.0 Å². The number of anilines is 1. The van der Waals surface area contributed by atoms with Crippen LogP contribution < -0.4 is 9.62 Å². The molecule has 0 saturated carbocycles. The highest BCUT2D eigenvalue weighted by Crippen LogP contribution is 2.17. The first-order valence-electron chi connectivity index (χ1n) is 7.82. The number of hydrogen-bond donors (Lipinski definition) is 1. The van der Waals surface area contributed by atoms with Crippen LogP contribution >= 0.6 is 11.8 Å². The molecule has 1 amide bonds. The largest absolute Gasteiger partial charge is 0.351 e. The summed E-state index contributed by atoms with van der Waals surface area (Å²) in [7, 11) is -1.89. The molecule has 0 atom stereocenters. The quantitative estimate of drug-likeness (QED) is 0.717. The van der Waals surface area contributed by atoms with Crippen LogP contribution in [0.1, 0.15) is 15.9 Å². The summed E-state index contributed by atoms with van der Waals surface area (Å²) in [6.45, 7) is 0.558. The Morgan fingerprint density at radius 2 is 1.84 bits per heavy atom. The number of amides is 1. The molecule has 0 saturated heterocycles. The molecule has 0 spiro atoms. The minimum absolute atomic E-state index is 0.205. The molecule has 0 fully saturated rings. The van der Waals surface area contributed by atoms with Gasteiger partial charge in [-0.1, -0.05) is 36.4 Å². The standard InChI is InChI=1S/C18H22N2O3S2/c1-20(25(2,22)23)17-10-6-9-16(13-17)18(21)19-11-12-24-14-15-7-4-3-5-8-15/h3-10,13H,11-12,14H2,1-2H3,(H,19,21). The van der Waals surface area contributed by atoms with E-state index in [1.807, 2.05) is 18.2 Å². The SMILES string of the molecule is CN(c1cccc(C(=O)NCCSCc2ccccc2)c1)S(C)(=O)=O. The number of sulfonamides is 1. The Kier molecular flexibility index (Phi) is 6.90. The molecule has 2 aromatic rings. The Hall–Kier alpha value is -1.99. The van der Waals surface area contributed by atoms with Crippen LogP contribution in [0, 0.1) is 0 Å². The monoisotopic (exact) mass is 378 g/mol. The van der Waals surface area contributed by atoms with E-state index in [1.165, 1.54) is 12.6 Å². The molecule has 0 radical (unpaired) electrons. The van der Waals surface area contributed by atoms with Gasteiger partial charge in [-0.05, 0) is 23.8 Å². The number of carbonyl (C=O) groups is 1. The number of carbonyl (C=O) groups excluding carboxylic acids is 1. The van der Waals surface area contributed by atoms with E-state index in [4.69, 9.17) is 0 Å². The maximum absolute atomic E-state index is 12.2. The summed E-state index contributed by atoms with van der Waals surface area (Å²) < 4.78 is 24.3. The summed E-state index contributed by atoms with van der Waals surface area (Å²) in [5.41, 5.74) is 2.17. The van der Waals surface area contributed by atoms with Crippen molar-refractivity contribution in [2.45, 2.75) is 5.75 Å². The Balaban J connectivity index is 1.83. The van der Waals surface area contributed by atoms with Crippen LogP contribution in [0.2, 0.25) is 0 Å². The zero-order chi connectivity index (χ0) is 18.3. The lowest BCUT2D eigenvalue weighted by Gasteiger charge is -2.17. The minimum atomic E-state index is -3.35. The Morgan fingerprint density at radius 3 is 2.52 bits per heavy atom. The van der Waals surface area contributed by atoms with Crippen molar-refractivity contribution in [3.05, 3.63) is 65.7 Å². The highest BCUT2D eigenvalue weighted by atomic mass is 32.2. The van der Waals surface area contributed by atoms with Gasteiger partial charge in [-0.3, -0.25) is 9.10 Å². The molecule has 0 bridgehead atoms. The van der Waals surface area contributed by atoms with Crippen molar-refractivity contribution in [2.24, 2.45) is 0 Å². The lowest BCUT2D eigenvalue weighted by molar-refractivity contribution is 0.0956. The molecular weight excluding hydrogens is 356 g/mol. The molecule has 0 aliphatic rings. The molecule has 25 heavy (non-hydrogen) atoms. The summed E-state index contributed by atoms with van der Waals surface area (Å²) in [5.74, 6) is 1.51. The van der Waals surface area contributed by atoms with Gasteiger partial charge in [-0.15, -0.1) is 0 Å². The first-order valence-corrected chi connectivity index (χ1v) is 10.8. The molecule has 0 aliphatic heterocycles. The van der Waals surface area contributed by atoms with Crippen LogP contribution in [0.15, 0.2) is 54.6 Å². The first-order chi connectivity index (χ1) is 11.9. The maximum atomic E-state index is 12.2. The molecule has 7 heteroatoms. The third-order valence-electron chi connectivity index (χ3n) is 3.61. The molecule has 0 aliphatic carbocycles. The van der Waals surface area contributed by atoms with Crippen molar-refractivity contribution >= 4 is 33.4 Å². The minimum Gasteiger partial charge on any atom is -0.351 e. The number of thioether (sulfide) groups is 1. The lowest BCUT2D eigenvalue weighted by Crippen LogP contribution is -2.27. The number of hydrogen-bond acceptors (Lipinski definition) is 4. The summed E-state index contributed by atoms with van der Waals surface area (Å²) >= 11 is 1.75. The van der Waals surface area contributed by atoms with Crippen LogP contribution in [0.4, 0.5) is 5.69 Å². The zero-order valence-corrected chi connectivity index (χ0v) is 15.9. The molecule has 0 unspecified atom stereocenters. The predicted octanol–water partition coefficient (Wildman–Crippen LogP) is 2.75. The van der Waals surface area contributed by atoms with Crippen LogP contribution in [0.5, 0.6) is 0 Å². The molecule has 2 aromatic carbocycles. The van der Waals surface area contributed by atoms with Gasteiger partial charge < -0.3 is 5.32 Å². The van der Waals surface area contributed by atoms with E-state index in [1.54, 1.807) is 36.0 Å². The van der Waals surface area contributed by atoms with Gasteiger partial charge in [-0.2, -0.15) is 11.8 Å². The highest BCUT2D eigenvalue weighted by Gasteiger charge is 2.13. The molecule has 0 aromatic heterocycles. The van der Waals surface area contributed by atoms with Gasteiger partial charge in [0, 0.05) is 30.7 Å². The maximum Gasteiger partial charge on any atom is 0.251 e. The lowest BCUT2D eigenvalue weighted by atomic mass is 10.2. The van der Waals surface area contributed by atoms with E-state index in [9.17, 15) is 13.2 Å². The van der Waals surface area contributed by atoms with Gasteiger partial charge in [0.25, 0.3) is 5.91 Å². The van der Waals surface area contributed by atoms with E-state index in [-0.39, 0.29) is 5.91 Å². The second-order valence-electron chi connectivity index (χ2n) is 5.57. The van der Waals surface area contributed by atoms with Gasteiger partial charge in [0.1, 0.15) is 0 Å². The molecule has 5 nitrogen and oxygen atoms in total. The summed E-state index contributed by atoms with van der Waals surface area (Å²) in [6.07, 6.45) is 1.13.